The Kier molecular flexibility index (Phi) is 4.26. The number of carbonyl (C=O) groups excluding carboxylic acids is 1. The summed E-state index contributed by atoms with van der Waals surface area (Å²) in [5, 5.41) is 12.0. The molecule has 0 bridgehead atoms. The Balaban J connectivity index is 2.16. The van der Waals surface area contributed by atoms with E-state index in [-0.39, 0.29) is 6.03 Å². The number of hydrogen-bond acceptors (Lipinski definition) is 2. The molecule has 0 saturated carbocycles. The molecule has 2 amide bonds. The zero-order chi connectivity index (χ0) is 14.5. The fourth-order valence-corrected chi connectivity index (χ4v) is 2.30. The first-order chi connectivity index (χ1) is 9.63. The number of carboxylic acids is 1. The maximum absolute atomic E-state index is 12.1. The molecule has 2 N–H and O–H groups in total. The lowest BCUT2D eigenvalue weighted by Crippen LogP contribution is -2.52. The molecule has 0 aromatic heterocycles. The summed E-state index contributed by atoms with van der Waals surface area (Å²) in [6, 6.07) is 6.35. The van der Waals surface area contributed by atoms with Crippen molar-refractivity contribution >= 4 is 12.0 Å². The van der Waals surface area contributed by atoms with Crippen LogP contribution in [0.5, 0.6) is 0 Å². The van der Waals surface area contributed by atoms with E-state index in [9.17, 15) is 14.7 Å². The first-order valence-corrected chi connectivity index (χ1v) is 6.41. The number of urea groups is 1. The van der Waals surface area contributed by atoms with Crippen LogP contribution >= 0.6 is 0 Å². The number of nitrogens with zero attached hydrogens (tertiary/aromatic N) is 1. The molecule has 1 aromatic carbocycles. The molecule has 1 heterocycles. The summed E-state index contributed by atoms with van der Waals surface area (Å²) >= 11 is 0. The third-order valence-corrected chi connectivity index (χ3v) is 3.34. The van der Waals surface area contributed by atoms with E-state index in [4.69, 9.17) is 6.42 Å². The molecule has 2 rings (SSSR count). The second-order valence-corrected chi connectivity index (χ2v) is 4.64. The van der Waals surface area contributed by atoms with Gasteiger partial charge in [0.2, 0.25) is 0 Å². The second-order valence-electron chi connectivity index (χ2n) is 4.64. The summed E-state index contributed by atoms with van der Waals surface area (Å²) in [4.78, 5) is 24.8. The largest absolute Gasteiger partial charge is 0.480 e. The molecule has 0 fully saturated rings. The Morgan fingerprint density at radius 2 is 2.10 bits per heavy atom. The molecule has 0 saturated heterocycles. The third-order valence-electron chi connectivity index (χ3n) is 3.34. The number of benzene rings is 1. The molecule has 1 unspecified atom stereocenters. The predicted octanol–water partition coefficient (Wildman–Crippen LogP) is 1.23. The van der Waals surface area contributed by atoms with Crippen molar-refractivity contribution in [2.24, 2.45) is 0 Å². The van der Waals surface area contributed by atoms with Crippen molar-refractivity contribution in [3.05, 3.63) is 35.4 Å². The Morgan fingerprint density at radius 3 is 2.75 bits per heavy atom. The highest BCUT2D eigenvalue weighted by Gasteiger charge is 2.34. The minimum absolute atomic E-state index is 0.301. The fraction of sp³-hybridized carbons (Fsp3) is 0.333. The maximum atomic E-state index is 12.1. The highest BCUT2D eigenvalue weighted by atomic mass is 16.4. The lowest BCUT2D eigenvalue weighted by molar-refractivity contribution is -0.142. The summed E-state index contributed by atoms with van der Waals surface area (Å²) in [5.41, 5.74) is 1.96. The van der Waals surface area contributed by atoms with Crippen LogP contribution in [0.2, 0.25) is 0 Å². The molecule has 5 heteroatoms. The summed E-state index contributed by atoms with van der Waals surface area (Å²) in [5.74, 6) is 1.43. The van der Waals surface area contributed by atoms with Crippen LogP contribution in [0.15, 0.2) is 24.3 Å². The van der Waals surface area contributed by atoms with Gasteiger partial charge in [-0.2, -0.15) is 0 Å². The van der Waals surface area contributed by atoms with Gasteiger partial charge in [0.1, 0.15) is 6.04 Å². The van der Waals surface area contributed by atoms with E-state index < -0.39 is 12.0 Å². The molecule has 20 heavy (non-hydrogen) atoms. The Bertz CT molecular complexity index is 562. The van der Waals surface area contributed by atoms with Gasteiger partial charge < -0.3 is 15.3 Å². The maximum Gasteiger partial charge on any atom is 0.326 e. The average Bonchev–Trinajstić information content (AvgIpc) is 2.46. The Hall–Kier alpha value is -2.48. The van der Waals surface area contributed by atoms with E-state index in [2.05, 4.69) is 11.2 Å². The number of amides is 2. The molecule has 1 atom stereocenters. The third kappa shape index (κ3) is 2.91. The van der Waals surface area contributed by atoms with Crippen LogP contribution in [0.1, 0.15) is 17.5 Å². The number of nitrogens with one attached hydrogen (secondary N) is 1. The zero-order valence-electron chi connectivity index (χ0n) is 11.0. The molecule has 0 radical (unpaired) electrons. The monoisotopic (exact) mass is 272 g/mol. The predicted molar refractivity (Wildman–Crippen MR) is 74.0 cm³/mol. The first-order valence-electron chi connectivity index (χ1n) is 6.41. The van der Waals surface area contributed by atoms with Crippen molar-refractivity contribution in [3.63, 3.8) is 0 Å². The smallest absolute Gasteiger partial charge is 0.326 e. The van der Waals surface area contributed by atoms with Crippen molar-refractivity contribution < 1.29 is 14.7 Å². The zero-order valence-corrected chi connectivity index (χ0v) is 11.0. The fourth-order valence-electron chi connectivity index (χ4n) is 2.30. The molecule has 1 aromatic rings. The normalized spacial score (nSPS) is 16.9. The molecule has 0 aliphatic carbocycles. The number of carboxylic acid groups (broad SMARTS) is 1. The minimum atomic E-state index is -0.994. The molecule has 0 spiro atoms. The van der Waals surface area contributed by atoms with Gasteiger partial charge >= 0.3 is 12.0 Å². The number of aliphatic carboxylic acids is 1. The summed E-state index contributed by atoms with van der Waals surface area (Å²) in [7, 11) is 0. The first kappa shape index (κ1) is 13.9. The van der Waals surface area contributed by atoms with Crippen molar-refractivity contribution in [1.29, 1.82) is 0 Å². The lowest BCUT2D eigenvalue weighted by Gasteiger charge is -2.34. The van der Waals surface area contributed by atoms with Crippen LogP contribution in [0.25, 0.3) is 0 Å². The SMILES string of the molecule is C#CCCNC(=O)N1Cc2ccccc2CC1C(=O)O. The van der Waals surface area contributed by atoms with E-state index >= 15 is 0 Å². The second kappa shape index (κ2) is 6.11. The van der Waals surface area contributed by atoms with E-state index in [1.165, 1.54) is 4.90 Å². The molecule has 104 valence electrons. The summed E-state index contributed by atoms with van der Waals surface area (Å²) in [6.07, 6.45) is 5.87. The van der Waals surface area contributed by atoms with Crippen molar-refractivity contribution in [1.82, 2.24) is 10.2 Å². The van der Waals surface area contributed by atoms with Crippen LogP contribution in [0, 0.1) is 12.3 Å². The average molecular weight is 272 g/mol. The van der Waals surface area contributed by atoms with Gasteiger partial charge in [-0.15, -0.1) is 12.3 Å². The number of carbonyl (C=O) groups is 2. The van der Waals surface area contributed by atoms with E-state index in [1.807, 2.05) is 24.3 Å². The number of hydrogen-bond donors (Lipinski definition) is 2. The number of rotatable bonds is 3. The van der Waals surface area contributed by atoms with Gasteiger partial charge in [0, 0.05) is 25.9 Å². The highest BCUT2D eigenvalue weighted by Crippen LogP contribution is 2.23. The molecular formula is C15H16N2O3. The topological polar surface area (TPSA) is 69.6 Å². The van der Waals surface area contributed by atoms with Crippen LogP contribution in [0.4, 0.5) is 4.79 Å². The van der Waals surface area contributed by atoms with Crippen LogP contribution in [-0.4, -0.2) is 34.6 Å². The van der Waals surface area contributed by atoms with Crippen LogP contribution < -0.4 is 5.32 Å². The van der Waals surface area contributed by atoms with Gasteiger partial charge in [0.05, 0.1) is 0 Å². The van der Waals surface area contributed by atoms with E-state index in [1.54, 1.807) is 0 Å². The standard InChI is InChI=1S/C15H16N2O3/c1-2-3-8-16-15(20)17-10-12-7-5-4-6-11(12)9-13(17)14(18)19/h1,4-7,13H,3,8-10H2,(H,16,20)(H,18,19). The van der Waals surface area contributed by atoms with Gasteiger partial charge in [-0.1, -0.05) is 24.3 Å². The summed E-state index contributed by atoms with van der Waals surface area (Å²) in [6.45, 7) is 0.648. The van der Waals surface area contributed by atoms with Gasteiger partial charge in [-0.25, -0.2) is 9.59 Å². The minimum Gasteiger partial charge on any atom is -0.480 e. The lowest BCUT2D eigenvalue weighted by atomic mass is 9.94. The number of terminal acetylenes is 1. The molecule has 5 nitrogen and oxygen atoms in total. The van der Waals surface area contributed by atoms with Gasteiger partial charge in [0.25, 0.3) is 0 Å². The van der Waals surface area contributed by atoms with Crippen molar-refractivity contribution in [2.45, 2.75) is 25.4 Å². The van der Waals surface area contributed by atoms with Crippen LogP contribution in [0.3, 0.4) is 0 Å². The van der Waals surface area contributed by atoms with E-state index in [0.717, 1.165) is 11.1 Å². The number of fused-ring (bicyclic) bond motifs is 1. The van der Waals surface area contributed by atoms with Gasteiger partial charge in [-0.3, -0.25) is 0 Å². The highest BCUT2D eigenvalue weighted by molar-refractivity contribution is 5.83. The summed E-state index contributed by atoms with van der Waals surface area (Å²) < 4.78 is 0. The van der Waals surface area contributed by atoms with Crippen molar-refractivity contribution in [2.75, 3.05) is 6.54 Å². The van der Waals surface area contributed by atoms with Gasteiger partial charge in [-0.05, 0) is 11.1 Å². The Morgan fingerprint density at radius 1 is 1.40 bits per heavy atom. The van der Waals surface area contributed by atoms with E-state index in [0.29, 0.717) is 25.9 Å². The van der Waals surface area contributed by atoms with Crippen molar-refractivity contribution in [3.8, 4) is 12.3 Å². The van der Waals surface area contributed by atoms with Crippen LogP contribution in [-0.2, 0) is 17.8 Å². The molecular weight excluding hydrogens is 256 g/mol. The quantitative estimate of drug-likeness (QED) is 0.642. The molecule has 1 aliphatic heterocycles. The van der Waals surface area contributed by atoms with Gasteiger partial charge in [0.15, 0.2) is 0 Å². The molecule has 1 aliphatic rings. The Labute approximate surface area is 117 Å².